The van der Waals surface area contributed by atoms with Gasteiger partial charge in [0, 0.05) is 18.9 Å². The van der Waals surface area contributed by atoms with Crippen LogP contribution in [0.15, 0.2) is 48.8 Å². The van der Waals surface area contributed by atoms with E-state index in [1.165, 1.54) is 4.90 Å². The number of carbonyl (C=O) groups is 2. The minimum Gasteiger partial charge on any atom is -0.350 e. The van der Waals surface area contributed by atoms with E-state index in [0.29, 0.717) is 16.2 Å². The van der Waals surface area contributed by atoms with Crippen molar-refractivity contribution < 1.29 is 26.8 Å². The van der Waals surface area contributed by atoms with Crippen LogP contribution in [0.2, 0.25) is 0 Å². The van der Waals surface area contributed by atoms with Gasteiger partial charge in [-0.25, -0.2) is 4.79 Å². The molecule has 2 aliphatic heterocycles. The van der Waals surface area contributed by atoms with Crippen molar-refractivity contribution in [1.29, 1.82) is 0 Å². The molecule has 0 unspecified atom stereocenters. The normalized spacial score (nSPS) is 20.8. The van der Waals surface area contributed by atoms with Crippen LogP contribution in [0.1, 0.15) is 28.8 Å². The third kappa shape index (κ3) is 3.30. The quantitative estimate of drug-likeness (QED) is 0.710. The molecule has 0 aliphatic carbocycles. The number of urea groups is 1. The molecule has 4 rings (SSSR count). The van der Waals surface area contributed by atoms with Crippen molar-refractivity contribution in [1.82, 2.24) is 20.3 Å². The number of nitrogens with zero attached hydrogens (tertiary/aromatic N) is 3. The van der Waals surface area contributed by atoms with E-state index in [1.54, 1.807) is 48.8 Å². The van der Waals surface area contributed by atoms with Gasteiger partial charge in [0.25, 0.3) is 0 Å². The van der Waals surface area contributed by atoms with Crippen LogP contribution in [0.25, 0.3) is 0 Å². The Bertz CT molecular complexity index is 1030. The third-order valence-electron chi connectivity index (χ3n) is 4.69. The van der Waals surface area contributed by atoms with E-state index in [2.05, 4.69) is 14.6 Å². The van der Waals surface area contributed by atoms with Crippen molar-refractivity contribution >= 4 is 22.3 Å². The van der Waals surface area contributed by atoms with Gasteiger partial charge in [-0.05, 0) is 28.8 Å². The first-order valence-corrected chi connectivity index (χ1v) is 9.74. The average molecular weight is 404 g/mol. The summed E-state index contributed by atoms with van der Waals surface area (Å²) in [6.45, 7) is 0.301. The summed E-state index contributed by atoms with van der Waals surface area (Å²) in [6.07, 6.45) is 3.22. The molecule has 3 amide bonds. The van der Waals surface area contributed by atoms with Crippen molar-refractivity contribution in [2.45, 2.75) is 18.6 Å². The van der Waals surface area contributed by atoms with Gasteiger partial charge < -0.3 is 10.2 Å². The third-order valence-corrected chi connectivity index (χ3v) is 5.04. The molecule has 2 atom stereocenters. The van der Waals surface area contributed by atoms with Gasteiger partial charge in [0.15, 0.2) is 0 Å². The fourth-order valence-corrected chi connectivity index (χ4v) is 3.90. The first-order chi connectivity index (χ1) is 13.3. The highest BCUT2D eigenvalue weighted by atomic mass is 32.3. The molecule has 11 heteroatoms. The van der Waals surface area contributed by atoms with E-state index in [-0.39, 0.29) is 13.1 Å². The summed E-state index contributed by atoms with van der Waals surface area (Å²) in [6, 6.07) is 7.84. The molecule has 0 radical (unpaired) electrons. The number of aromatic nitrogens is 1. The lowest BCUT2D eigenvalue weighted by molar-refractivity contribution is -0.125. The van der Waals surface area contributed by atoms with Crippen molar-refractivity contribution in [3.8, 4) is 0 Å². The molecule has 2 N–H and O–H groups in total. The zero-order chi connectivity index (χ0) is 19.9. The standard InChI is InChI=1S/C17H16N4O6S/c22-16(19-9-11-5-7-18-8-6-11)15-13-4-2-1-3-12(13)14-10-20(15)17(23)21(14)27-28(24,25)26/h1-8,14-15H,9-10H2,(H,19,22)(H,24,25,26)/t14-,15+/m0/s1. The van der Waals surface area contributed by atoms with Crippen LogP contribution in [0.5, 0.6) is 0 Å². The predicted octanol–water partition coefficient (Wildman–Crippen LogP) is 0.966. The SMILES string of the molecule is O=C(NCc1ccncc1)[C@H]1c2ccccc2[C@@H]2CN1C(=O)N2OS(=O)(=O)O. The molecule has 1 aromatic heterocycles. The Morgan fingerprint density at radius 3 is 2.57 bits per heavy atom. The molecule has 1 aromatic carbocycles. The lowest BCUT2D eigenvalue weighted by Crippen LogP contribution is -2.43. The molecule has 2 aliphatic rings. The minimum absolute atomic E-state index is 0.0543. The first kappa shape index (κ1) is 18.3. The summed E-state index contributed by atoms with van der Waals surface area (Å²) in [5.41, 5.74) is 1.99. The zero-order valence-corrected chi connectivity index (χ0v) is 15.2. The van der Waals surface area contributed by atoms with Gasteiger partial charge in [-0.2, -0.15) is 13.5 Å². The van der Waals surface area contributed by atoms with Gasteiger partial charge in [0.2, 0.25) is 5.91 Å². The van der Waals surface area contributed by atoms with E-state index in [0.717, 1.165) is 5.56 Å². The Hall–Kier alpha value is -3.02. The fourth-order valence-electron chi connectivity index (χ4n) is 3.52. The lowest BCUT2D eigenvalue weighted by atomic mass is 9.90. The van der Waals surface area contributed by atoms with Gasteiger partial charge in [-0.15, -0.1) is 4.28 Å². The van der Waals surface area contributed by atoms with Gasteiger partial charge in [0.05, 0.1) is 6.54 Å². The Kier molecular flexibility index (Phi) is 4.49. The first-order valence-electron chi connectivity index (χ1n) is 8.37. The second-order valence-electron chi connectivity index (χ2n) is 6.38. The van der Waals surface area contributed by atoms with E-state index in [4.69, 9.17) is 4.55 Å². The minimum atomic E-state index is -4.89. The predicted molar refractivity (Wildman–Crippen MR) is 94.6 cm³/mol. The number of pyridine rings is 1. The molecule has 0 spiro atoms. The van der Waals surface area contributed by atoms with Gasteiger partial charge >= 0.3 is 16.4 Å². The summed E-state index contributed by atoms with van der Waals surface area (Å²) < 4.78 is 35.8. The molecule has 0 saturated carbocycles. The van der Waals surface area contributed by atoms with Crippen LogP contribution < -0.4 is 5.32 Å². The Morgan fingerprint density at radius 1 is 1.21 bits per heavy atom. The number of carbonyl (C=O) groups excluding carboxylic acids is 2. The molecule has 3 heterocycles. The monoisotopic (exact) mass is 404 g/mol. The van der Waals surface area contributed by atoms with Crippen LogP contribution >= 0.6 is 0 Å². The summed E-state index contributed by atoms with van der Waals surface area (Å²) in [7, 11) is -4.89. The number of hydrogen-bond donors (Lipinski definition) is 2. The van der Waals surface area contributed by atoms with Crippen molar-refractivity contribution in [3.05, 3.63) is 65.5 Å². The molecule has 28 heavy (non-hydrogen) atoms. The van der Waals surface area contributed by atoms with Gasteiger partial charge in [-0.3, -0.25) is 14.3 Å². The fraction of sp³-hybridized carbons (Fsp3) is 0.235. The number of amides is 3. The molecule has 10 nitrogen and oxygen atoms in total. The summed E-state index contributed by atoms with van der Waals surface area (Å²) in [5.74, 6) is -0.412. The number of nitrogens with one attached hydrogen (secondary N) is 1. The van der Waals surface area contributed by atoms with Gasteiger partial charge in [0.1, 0.15) is 12.1 Å². The van der Waals surface area contributed by atoms with Crippen molar-refractivity contribution in [3.63, 3.8) is 0 Å². The lowest BCUT2D eigenvalue weighted by Gasteiger charge is -2.31. The summed E-state index contributed by atoms with van der Waals surface area (Å²) in [4.78, 5) is 30.7. The summed E-state index contributed by atoms with van der Waals surface area (Å²) >= 11 is 0. The molecule has 2 bridgehead atoms. The Balaban J connectivity index is 1.64. The van der Waals surface area contributed by atoms with E-state index >= 15 is 0 Å². The Morgan fingerprint density at radius 2 is 1.89 bits per heavy atom. The maximum atomic E-state index is 12.9. The molecular formula is C17H16N4O6S. The Labute approximate surface area is 160 Å². The van der Waals surface area contributed by atoms with Crippen LogP contribution in [0.4, 0.5) is 4.79 Å². The smallest absolute Gasteiger partial charge is 0.350 e. The largest absolute Gasteiger partial charge is 0.418 e. The van der Waals surface area contributed by atoms with Crippen LogP contribution in [0, 0.1) is 0 Å². The number of rotatable bonds is 5. The van der Waals surface area contributed by atoms with E-state index in [9.17, 15) is 18.0 Å². The molecule has 2 aromatic rings. The van der Waals surface area contributed by atoms with Crippen LogP contribution in [-0.4, -0.2) is 46.4 Å². The van der Waals surface area contributed by atoms with Crippen LogP contribution in [0.3, 0.4) is 0 Å². The number of fused-ring (bicyclic) bond motifs is 4. The highest BCUT2D eigenvalue weighted by molar-refractivity contribution is 7.80. The maximum Gasteiger partial charge on any atom is 0.418 e. The zero-order valence-electron chi connectivity index (χ0n) is 14.4. The second-order valence-corrected chi connectivity index (χ2v) is 7.39. The molecule has 146 valence electrons. The summed E-state index contributed by atoms with van der Waals surface area (Å²) in [5, 5.41) is 3.38. The molecule has 1 fully saturated rings. The molecular weight excluding hydrogens is 388 g/mol. The maximum absolute atomic E-state index is 12.9. The van der Waals surface area contributed by atoms with E-state index < -0.39 is 34.4 Å². The number of hydroxylamine groups is 2. The topological polar surface area (TPSA) is 129 Å². The average Bonchev–Trinajstić information content (AvgIpc) is 2.93. The second kappa shape index (κ2) is 6.86. The number of hydrogen-bond acceptors (Lipinski definition) is 6. The van der Waals surface area contributed by atoms with Crippen LogP contribution in [-0.2, 0) is 26.0 Å². The van der Waals surface area contributed by atoms with E-state index in [1.807, 2.05) is 0 Å². The van der Waals surface area contributed by atoms with Crippen molar-refractivity contribution in [2.75, 3.05) is 6.54 Å². The highest BCUT2D eigenvalue weighted by Crippen LogP contribution is 2.44. The number of benzene rings is 1. The molecule has 1 saturated heterocycles. The van der Waals surface area contributed by atoms with Gasteiger partial charge in [-0.1, -0.05) is 24.3 Å². The van der Waals surface area contributed by atoms with Crippen molar-refractivity contribution in [2.24, 2.45) is 0 Å². The highest BCUT2D eigenvalue weighted by Gasteiger charge is 2.51.